The first-order valence-corrected chi connectivity index (χ1v) is 9.90. The summed E-state index contributed by atoms with van der Waals surface area (Å²) >= 11 is 0. The first-order valence-electron chi connectivity index (χ1n) is 9.90. The molecule has 0 N–H and O–H groups in total. The molecule has 2 aromatic carbocycles. The number of alkyl halides is 2. The lowest BCUT2D eigenvalue weighted by Gasteiger charge is -2.30. The lowest BCUT2D eigenvalue weighted by Crippen LogP contribution is -2.17. The van der Waals surface area contributed by atoms with Gasteiger partial charge in [0.15, 0.2) is 0 Å². The van der Waals surface area contributed by atoms with Gasteiger partial charge in [-0.1, -0.05) is 58.4 Å². The summed E-state index contributed by atoms with van der Waals surface area (Å²) in [5.41, 5.74) is 3.40. The van der Waals surface area contributed by atoms with E-state index in [1.54, 1.807) is 0 Å². The summed E-state index contributed by atoms with van der Waals surface area (Å²) in [4.78, 5) is 0. The minimum atomic E-state index is -2.60. The van der Waals surface area contributed by atoms with Crippen LogP contribution in [0.1, 0.15) is 76.0 Å². The molecule has 3 rings (SSSR count). The summed E-state index contributed by atoms with van der Waals surface area (Å²) in [5, 5.41) is 0. The number of benzene rings is 2. The monoisotopic (exact) mass is 374 g/mol. The molecule has 1 atom stereocenters. The van der Waals surface area contributed by atoms with E-state index >= 15 is 0 Å². The highest BCUT2D eigenvalue weighted by molar-refractivity contribution is 5.70. The van der Waals surface area contributed by atoms with Crippen LogP contribution in [0, 0.1) is 17.2 Å². The minimum Gasteiger partial charge on any atom is -0.206 e. The van der Waals surface area contributed by atoms with Crippen LogP contribution in [0.15, 0.2) is 36.4 Å². The molecular weight excluding hydrogens is 345 g/mol. The van der Waals surface area contributed by atoms with Crippen LogP contribution in [0.4, 0.5) is 13.2 Å². The van der Waals surface area contributed by atoms with Crippen molar-refractivity contribution in [2.75, 3.05) is 0 Å². The Kier molecular flexibility index (Phi) is 5.69. The topological polar surface area (TPSA) is 0 Å². The van der Waals surface area contributed by atoms with E-state index in [4.69, 9.17) is 0 Å². The number of hydrogen-bond donors (Lipinski definition) is 0. The SMILES string of the molecule is CC(C)Cc1ccc(-c2cc(C(F)F)ccc2F)c([C@H]2CCCC2(C)C)c1. The van der Waals surface area contributed by atoms with Crippen molar-refractivity contribution in [3.05, 3.63) is 58.9 Å². The van der Waals surface area contributed by atoms with Gasteiger partial charge in [0.05, 0.1) is 0 Å². The van der Waals surface area contributed by atoms with Gasteiger partial charge in [0.25, 0.3) is 6.43 Å². The Labute approximate surface area is 160 Å². The van der Waals surface area contributed by atoms with Crippen molar-refractivity contribution in [1.82, 2.24) is 0 Å². The quantitative estimate of drug-likeness (QED) is 0.498. The molecule has 0 heterocycles. The van der Waals surface area contributed by atoms with Gasteiger partial charge in [-0.05, 0) is 65.3 Å². The van der Waals surface area contributed by atoms with Crippen LogP contribution in [0.2, 0.25) is 0 Å². The fraction of sp³-hybridized carbons (Fsp3) is 0.500. The normalized spacial score (nSPS) is 19.2. The molecule has 0 aromatic heterocycles. The molecular formula is C24H29F3. The predicted molar refractivity (Wildman–Crippen MR) is 106 cm³/mol. The second-order valence-electron chi connectivity index (χ2n) is 8.99. The van der Waals surface area contributed by atoms with Crippen LogP contribution < -0.4 is 0 Å². The fourth-order valence-corrected chi connectivity index (χ4v) is 4.53. The summed E-state index contributed by atoms with van der Waals surface area (Å²) in [7, 11) is 0. The zero-order valence-electron chi connectivity index (χ0n) is 16.7. The Balaban J connectivity index is 2.16. The first-order chi connectivity index (χ1) is 12.7. The largest absolute Gasteiger partial charge is 0.263 e. The van der Waals surface area contributed by atoms with Crippen molar-refractivity contribution in [2.45, 2.75) is 65.7 Å². The van der Waals surface area contributed by atoms with Gasteiger partial charge in [-0.15, -0.1) is 0 Å². The van der Waals surface area contributed by atoms with Crippen LogP contribution in [0.5, 0.6) is 0 Å². The fourth-order valence-electron chi connectivity index (χ4n) is 4.53. The van der Waals surface area contributed by atoms with E-state index in [1.807, 2.05) is 12.1 Å². The maximum absolute atomic E-state index is 14.6. The van der Waals surface area contributed by atoms with Crippen LogP contribution in [-0.2, 0) is 6.42 Å². The van der Waals surface area contributed by atoms with E-state index in [-0.39, 0.29) is 11.0 Å². The molecule has 0 amide bonds. The molecule has 1 saturated carbocycles. The zero-order valence-corrected chi connectivity index (χ0v) is 16.7. The van der Waals surface area contributed by atoms with Crippen molar-refractivity contribution < 1.29 is 13.2 Å². The Morgan fingerprint density at radius 3 is 2.37 bits per heavy atom. The second-order valence-corrected chi connectivity index (χ2v) is 8.99. The van der Waals surface area contributed by atoms with Crippen molar-refractivity contribution in [2.24, 2.45) is 11.3 Å². The molecule has 27 heavy (non-hydrogen) atoms. The summed E-state index contributed by atoms with van der Waals surface area (Å²) < 4.78 is 41.1. The predicted octanol–water partition coefficient (Wildman–Crippen LogP) is 7.92. The molecule has 1 aliphatic rings. The van der Waals surface area contributed by atoms with E-state index in [0.717, 1.165) is 36.8 Å². The highest BCUT2D eigenvalue weighted by atomic mass is 19.3. The van der Waals surface area contributed by atoms with Gasteiger partial charge < -0.3 is 0 Å². The Hall–Kier alpha value is -1.77. The molecule has 0 radical (unpaired) electrons. The smallest absolute Gasteiger partial charge is 0.206 e. The van der Waals surface area contributed by atoms with Gasteiger partial charge in [-0.25, -0.2) is 13.2 Å². The molecule has 1 fully saturated rings. The molecule has 0 bridgehead atoms. The number of halogens is 3. The Morgan fingerprint density at radius 2 is 1.78 bits per heavy atom. The van der Waals surface area contributed by atoms with Crippen molar-refractivity contribution in [1.29, 1.82) is 0 Å². The lowest BCUT2D eigenvalue weighted by atomic mass is 9.75. The van der Waals surface area contributed by atoms with Crippen LogP contribution in [0.3, 0.4) is 0 Å². The minimum absolute atomic E-state index is 0.127. The van der Waals surface area contributed by atoms with Gasteiger partial charge in [0, 0.05) is 11.1 Å². The van der Waals surface area contributed by atoms with E-state index in [1.165, 1.54) is 23.8 Å². The van der Waals surface area contributed by atoms with Crippen LogP contribution in [0.25, 0.3) is 11.1 Å². The molecule has 0 spiro atoms. The maximum atomic E-state index is 14.6. The Bertz CT molecular complexity index is 805. The third-order valence-electron chi connectivity index (χ3n) is 5.93. The number of hydrogen-bond acceptors (Lipinski definition) is 0. The van der Waals surface area contributed by atoms with Crippen molar-refractivity contribution in [3.8, 4) is 11.1 Å². The van der Waals surface area contributed by atoms with Gasteiger partial charge in [-0.2, -0.15) is 0 Å². The maximum Gasteiger partial charge on any atom is 0.263 e. The summed E-state index contributed by atoms with van der Waals surface area (Å²) in [5.74, 6) is 0.404. The van der Waals surface area contributed by atoms with Crippen molar-refractivity contribution in [3.63, 3.8) is 0 Å². The average Bonchev–Trinajstić information content (AvgIpc) is 2.94. The molecule has 0 aliphatic heterocycles. The van der Waals surface area contributed by atoms with E-state index < -0.39 is 12.2 Å². The zero-order chi connectivity index (χ0) is 19.8. The second kappa shape index (κ2) is 7.69. The van der Waals surface area contributed by atoms with Crippen LogP contribution in [-0.4, -0.2) is 0 Å². The van der Waals surface area contributed by atoms with E-state index in [9.17, 15) is 13.2 Å². The molecule has 146 valence electrons. The molecule has 0 unspecified atom stereocenters. The van der Waals surface area contributed by atoms with Gasteiger partial charge >= 0.3 is 0 Å². The highest BCUT2D eigenvalue weighted by Gasteiger charge is 2.37. The highest BCUT2D eigenvalue weighted by Crippen LogP contribution is 2.51. The Morgan fingerprint density at radius 1 is 1.04 bits per heavy atom. The van der Waals surface area contributed by atoms with Gasteiger partial charge in [0.2, 0.25) is 0 Å². The third kappa shape index (κ3) is 4.23. The standard InChI is InChI=1S/C24H29F3/c1-15(2)12-16-7-9-18(19(13-16)21-6-5-11-24(21,3)4)20-14-17(23(26)27)8-10-22(20)25/h7-10,13-15,21,23H,5-6,11-12H2,1-4H3/t21-/m1/s1. The third-order valence-corrected chi connectivity index (χ3v) is 5.93. The average molecular weight is 374 g/mol. The van der Waals surface area contributed by atoms with Crippen molar-refractivity contribution >= 4 is 0 Å². The van der Waals surface area contributed by atoms with E-state index in [2.05, 4.69) is 33.8 Å². The number of rotatable bonds is 5. The summed E-state index contributed by atoms with van der Waals surface area (Å²) in [6, 6.07) is 9.83. The summed E-state index contributed by atoms with van der Waals surface area (Å²) in [6.45, 7) is 8.88. The molecule has 0 saturated heterocycles. The summed E-state index contributed by atoms with van der Waals surface area (Å²) in [6.07, 6.45) is 1.69. The first kappa shape index (κ1) is 20.0. The molecule has 1 aliphatic carbocycles. The molecule has 0 nitrogen and oxygen atoms in total. The molecule has 3 heteroatoms. The van der Waals surface area contributed by atoms with E-state index in [0.29, 0.717) is 17.4 Å². The lowest BCUT2D eigenvalue weighted by molar-refractivity contribution is 0.151. The van der Waals surface area contributed by atoms with Crippen LogP contribution >= 0.6 is 0 Å². The van der Waals surface area contributed by atoms with Gasteiger partial charge in [-0.3, -0.25) is 0 Å². The van der Waals surface area contributed by atoms with Gasteiger partial charge in [0.1, 0.15) is 5.82 Å². The molecule has 2 aromatic rings.